The van der Waals surface area contributed by atoms with Gasteiger partial charge in [0.1, 0.15) is 17.2 Å². The molecule has 3 unspecified atom stereocenters. The molecule has 0 heterocycles. The number of rotatable bonds is 27. The minimum atomic E-state index is -0.807. The molecule has 0 saturated heterocycles. The zero-order valence-corrected chi connectivity index (χ0v) is 45.2. The van der Waals surface area contributed by atoms with Crippen LogP contribution >= 0.6 is 15.9 Å². The molecule has 0 aliphatic rings. The van der Waals surface area contributed by atoms with Crippen molar-refractivity contribution in [2.75, 3.05) is 72.9 Å². The molecule has 0 radical (unpaired) electrons. The number of alkyl halides is 1. The van der Waals surface area contributed by atoms with Crippen LogP contribution in [0.1, 0.15) is 120 Å². The maximum Gasteiger partial charge on any atom is 0.306 e. The summed E-state index contributed by atoms with van der Waals surface area (Å²) >= 11 is 3.27. The van der Waals surface area contributed by atoms with Gasteiger partial charge in [-0.25, -0.2) is 0 Å². The van der Waals surface area contributed by atoms with Crippen molar-refractivity contribution in [3.63, 3.8) is 0 Å². The summed E-state index contributed by atoms with van der Waals surface area (Å²) in [6, 6.07) is 52.1. The topological polar surface area (TPSA) is 156 Å². The second kappa shape index (κ2) is 41.7. The van der Waals surface area contributed by atoms with Crippen molar-refractivity contribution in [1.82, 2.24) is 0 Å². The van der Waals surface area contributed by atoms with Crippen LogP contribution in [0, 0.1) is 0 Å². The van der Waals surface area contributed by atoms with Crippen LogP contribution in [0.15, 0.2) is 164 Å². The average Bonchev–Trinajstić information content (AvgIpc) is 3.43. The van der Waals surface area contributed by atoms with Crippen LogP contribution in [0.2, 0.25) is 0 Å². The molecule has 6 aromatic rings. The predicted octanol–water partition coefficient (Wildman–Crippen LogP) is 14.2. The zero-order chi connectivity index (χ0) is 53.6. The lowest BCUT2D eigenvalue weighted by Gasteiger charge is -2.18. The monoisotopic (exact) mass is 1110 g/mol. The molecular formula is C63H84BrO12-. The van der Waals surface area contributed by atoms with Crippen LogP contribution in [-0.4, -0.2) is 101 Å². The van der Waals surface area contributed by atoms with E-state index in [0.29, 0.717) is 52.5 Å². The van der Waals surface area contributed by atoms with E-state index < -0.39 is 5.97 Å². The maximum absolute atomic E-state index is 12.0. The highest BCUT2D eigenvalue weighted by molar-refractivity contribution is 9.09. The number of hydrogen-bond donors (Lipinski definition) is 2. The molecule has 0 aliphatic heterocycles. The number of ether oxygens (including phenoxy) is 7. The Morgan fingerprint density at radius 3 is 1.04 bits per heavy atom. The Balaban J connectivity index is 0.00000105. The number of carbonyl (C=O) groups is 3. The van der Waals surface area contributed by atoms with Crippen molar-refractivity contribution >= 4 is 33.8 Å². The van der Waals surface area contributed by atoms with E-state index in [4.69, 9.17) is 33.2 Å². The minimum Gasteiger partial charge on any atom is -1.00 e. The second-order valence-electron chi connectivity index (χ2n) is 16.7. The summed E-state index contributed by atoms with van der Waals surface area (Å²) in [6.45, 7) is 7.86. The Kier molecular flexibility index (Phi) is 37.0. The summed E-state index contributed by atoms with van der Waals surface area (Å²) < 4.78 is 36.3. The molecule has 76 heavy (non-hydrogen) atoms. The van der Waals surface area contributed by atoms with Crippen molar-refractivity contribution in [2.45, 2.75) is 85.0 Å². The van der Waals surface area contributed by atoms with Gasteiger partial charge in [-0.1, -0.05) is 158 Å². The lowest BCUT2D eigenvalue weighted by molar-refractivity contribution is -0.144. The fraction of sp³-hybridized carbons (Fsp3) is 0.381. The van der Waals surface area contributed by atoms with E-state index in [1.165, 1.54) is 0 Å². The van der Waals surface area contributed by atoms with E-state index in [9.17, 15) is 24.6 Å². The number of aromatic hydroxyl groups is 1. The fourth-order valence-electron chi connectivity index (χ4n) is 7.57. The highest BCUT2D eigenvalue weighted by Gasteiger charge is 2.21. The number of methoxy groups -OCH3 is 3. The highest BCUT2D eigenvalue weighted by Crippen LogP contribution is 2.32. The summed E-state index contributed by atoms with van der Waals surface area (Å²) in [5, 5.41) is 19.6. The predicted molar refractivity (Wildman–Crippen MR) is 309 cm³/mol. The summed E-state index contributed by atoms with van der Waals surface area (Å²) in [6.07, 6.45) is 3.49. The number of carboxylic acid groups (broad SMARTS) is 1. The molecule has 0 aromatic heterocycles. The van der Waals surface area contributed by atoms with Crippen LogP contribution < -0.4 is 9.47 Å². The summed E-state index contributed by atoms with van der Waals surface area (Å²) in [5.74, 6) is 0.380. The number of phenols is 1. The summed E-state index contributed by atoms with van der Waals surface area (Å²) in [4.78, 5) is 35.0. The molecule has 0 aliphatic carbocycles. The maximum atomic E-state index is 12.0. The van der Waals surface area contributed by atoms with Crippen molar-refractivity contribution in [3.05, 3.63) is 197 Å². The fourth-order valence-corrected chi connectivity index (χ4v) is 7.80. The van der Waals surface area contributed by atoms with Gasteiger partial charge in [-0.05, 0) is 90.0 Å². The third kappa shape index (κ3) is 27.3. The van der Waals surface area contributed by atoms with Crippen LogP contribution in [-0.2, 0) is 38.1 Å². The Morgan fingerprint density at radius 1 is 0.447 bits per heavy atom. The number of carbonyl (C=O) groups excluding carboxylic acids is 2. The van der Waals surface area contributed by atoms with Gasteiger partial charge in [0, 0.05) is 77.1 Å². The second-order valence-corrected chi connectivity index (χ2v) is 17.5. The van der Waals surface area contributed by atoms with Crippen molar-refractivity contribution in [2.24, 2.45) is 0 Å². The first-order valence-electron chi connectivity index (χ1n) is 25.0. The summed E-state index contributed by atoms with van der Waals surface area (Å²) in [7, 11) is 5.06. The Bertz CT molecular complexity index is 2370. The van der Waals surface area contributed by atoms with E-state index in [-0.39, 0.29) is 58.1 Å². The molecule has 13 heteroatoms. The molecule has 0 fully saturated rings. The van der Waals surface area contributed by atoms with Crippen LogP contribution in [0.4, 0.5) is 0 Å². The highest BCUT2D eigenvalue weighted by atomic mass is 79.9. The number of hydrogen-bond acceptors (Lipinski definition) is 11. The molecule has 2 N–H and O–H groups in total. The molecule has 0 amide bonds. The molecule has 416 valence electrons. The molecule has 6 aromatic carbocycles. The van der Waals surface area contributed by atoms with E-state index in [2.05, 4.69) is 15.9 Å². The van der Waals surface area contributed by atoms with Gasteiger partial charge in [0.15, 0.2) is 0 Å². The summed E-state index contributed by atoms with van der Waals surface area (Å²) in [5.41, 5.74) is 6.20. The number of halogens is 1. The third-order valence-electron chi connectivity index (χ3n) is 11.2. The lowest BCUT2D eigenvalue weighted by Crippen LogP contribution is -2.11. The number of carboxylic acids is 1. The lowest BCUT2D eigenvalue weighted by atomic mass is 9.88. The van der Waals surface area contributed by atoms with Crippen molar-refractivity contribution < 1.29 is 59.2 Å². The number of phenolic OH excluding ortho intramolecular Hbond substituents is 1. The normalized spacial score (nSPS) is 11.3. The first-order valence-corrected chi connectivity index (χ1v) is 26.1. The van der Waals surface area contributed by atoms with Gasteiger partial charge < -0.3 is 44.8 Å². The SMILES string of the molecule is C.C.CCOC(=O)CC(c1ccccc1)c1ccc(O)cc1.CCOC(=O)CC(c1ccccc1)c1ccc(OCCCOC)cc1.COCCCBr.COCCCOc1ccc(C(CC(=O)O)c2ccccc2)cc1.[2H-]. The van der Waals surface area contributed by atoms with Gasteiger partial charge in [0.05, 0.1) is 45.7 Å². The Hall–Kier alpha value is -6.51. The molecule has 0 saturated carbocycles. The van der Waals surface area contributed by atoms with Gasteiger partial charge in [-0.2, -0.15) is 0 Å². The molecule has 3 atom stereocenters. The van der Waals surface area contributed by atoms with E-state index in [0.717, 1.165) is 76.1 Å². The molecular weight excluding hydrogens is 1030 g/mol. The minimum absolute atomic E-state index is 0. The Morgan fingerprint density at radius 2 is 0.750 bits per heavy atom. The van der Waals surface area contributed by atoms with Crippen LogP contribution in [0.5, 0.6) is 17.2 Å². The first kappa shape index (κ1) is 67.5. The van der Waals surface area contributed by atoms with E-state index in [1.807, 2.05) is 159 Å². The van der Waals surface area contributed by atoms with Gasteiger partial charge in [0.25, 0.3) is 0 Å². The molecule has 0 bridgehead atoms. The van der Waals surface area contributed by atoms with Gasteiger partial charge in [0.2, 0.25) is 0 Å². The van der Waals surface area contributed by atoms with Crippen LogP contribution in [0.3, 0.4) is 0 Å². The molecule has 12 nitrogen and oxygen atoms in total. The van der Waals surface area contributed by atoms with Crippen molar-refractivity contribution in [3.8, 4) is 17.2 Å². The van der Waals surface area contributed by atoms with E-state index >= 15 is 0 Å². The third-order valence-corrected chi connectivity index (χ3v) is 11.8. The van der Waals surface area contributed by atoms with Gasteiger partial charge in [-0.3, -0.25) is 14.4 Å². The number of esters is 2. The van der Waals surface area contributed by atoms with Crippen molar-refractivity contribution in [1.29, 1.82) is 0 Å². The number of aliphatic carboxylic acids is 1. The van der Waals surface area contributed by atoms with E-state index in [1.54, 1.807) is 40.4 Å². The largest absolute Gasteiger partial charge is 1.00 e. The first-order chi connectivity index (χ1) is 36.1. The molecule has 0 spiro atoms. The number of benzene rings is 6. The van der Waals surface area contributed by atoms with Gasteiger partial charge >= 0.3 is 17.9 Å². The Labute approximate surface area is 463 Å². The van der Waals surface area contributed by atoms with Gasteiger partial charge in [-0.15, -0.1) is 0 Å². The quantitative estimate of drug-likeness (QED) is 0.0286. The standard InChI is InChI=1S/C21H26O4.C19H22O4.C17H18O3.C4H9BrO.2CH4.H/c1-3-24-21(22)16-20(17-8-5-4-6-9-17)18-10-12-19(13-11-18)25-15-7-14-23-2;1-22-12-5-13-23-17-10-8-16(9-11-17)18(14-19(20)21)15-6-3-2-4-7-15;1-2-20-17(19)12-16(13-6-4-3-5-7-13)14-8-10-15(18)11-9-14;1-6-4-2-3-5;;;/h4-6,8-13,20H,3,7,14-16H2,1-2H3;2-4,6-11,18H,5,12-14H2,1H3,(H,20,21);3-11,16,18H,2,12H2,1H3;2-4H2,1H3;2*1H4;/q;;;;;;-1/i;;;;;;1+1. The average molecular weight is 1110 g/mol. The van der Waals surface area contributed by atoms with Crippen LogP contribution in [0.25, 0.3) is 0 Å². The zero-order valence-electron chi connectivity index (χ0n) is 44.6. The smallest absolute Gasteiger partial charge is 0.306 e. The molecule has 6 rings (SSSR count).